The first kappa shape index (κ1) is 26.7. The van der Waals surface area contributed by atoms with Gasteiger partial charge in [0.1, 0.15) is 5.60 Å². The number of nitro groups is 1. The number of ether oxygens (including phenoxy) is 1. The van der Waals surface area contributed by atoms with Crippen molar-refractivity contribution >= 4 is 18.0 Å². The van der Waals surface area contributed by atoms with E-state index in [1.165, 1.54) is 0 Å². The smallest absolute Gasteiger partial charge is 0.407 e. The Morgan fingerprint density at radius 2 is 1.88 bits per heavy atom. The maximum atomic E-state index is 12.3. The average Bonchev–Trinajstić information content (AvgIpc) is 2.65. The number of aliphatic carboxylic acids is 1. The van der Waals surface area contributed by atoms with Gasteiger partial charge in [0.2, 0.25) is 0 Å². The lowest BCUT2D eigenvalue weighted by Gasteiger charge is -2.24. The lowest BCUT2D eigenvalue weighted by Crippen LogP contribution is -2.40. The van der Waals surface area contributed by atoms with Gasteiger partial charge in [0.25, 0.3) is 5.96 Å². The fourth-order valence-electron chi connectivity index (χ4n) is 3.06. The van der Waals surface area contributed by atoms with Crippen molar-refractivity contribution in [2.75, 3.05) is 6.54 Å². The van der Waals surface area contributed by atoms with Gasteiger partial charge >= 0.3 is 12.1 Å². The number of hydrogen-bond donors (Lipinski definition) is 4. The highest BCUT2D eigenvalue weighted by Crippen LogP contribution is 2.18. The molecular weight excluding hydrogens is 418 g/mol. The van der Waals surface area contributed by atoms with Gasteiger partial charge < -0.3 is 20.9 Å². The number of rotatable bonds is 12. The van der Waals surface area contributed by atoms with Crippen LogP contribution in [0, 0.1) is 16.0 Å². The van der Waals surface area contributed by atoms with Gasteiger partial charge in [-0.2, -0.15) is 0 Å². The van der Waals surface area contributed by atoms with Crippen molar-refractivity contribution < 1.29 is 24.5 Å². The number of hydrogen-bond acceptors (Lipinski definition) is 6. The van der Waals surface area contributed by atoms with E-state index >= 15 is 0 Å². The van der Waals surface area contributed by atoms with E-state index < -0.39 is 28.6 Å². The van der Waals surface area contributed by atoms with Gasteiger partial charge in [-0.05, 0) is 58.4 Å². The molecule has 0 saturated heterocycles. The Balaban J connectivity index is 2.68. The normalized spacial score (nSPS) is 13.7. The van der Waals surface area contributed by atoms with Gasteiger partial charge in [0, 0.05) is 12.6 Å². The van der Waals surface area contributed by atoms with Gasteiger partial charge in [0.05, 0.1) is 5.92 Å². The molecule has 0 bridgehead atoms. The number of benzene rings is 1. The van der Waals surface area contributed by atoms with Crippen molar-refractivity contribution in [1.82, 2.24) is 10.7 Å². The molecule has 0 heterocycles. The molecule has 1 aromatic rings. The van der Waals surface area contributed by atoms with E-state index in [1.807, 2.05) is 30.3 Å². The molecule has 0 radical (unpaired) electrons. The number of carboxylic acid groups (broad SMARTS) is 1. The van der Waals surface area contributed by atoms with E-state index in [0.29, 0.717) is 32.1 Å². The lowest BCUT2D eigenvalue weighted by molar-refractivity contribution is -0.525. The van der Waals surface area contributed by atoms with Crippen LogP contribution in [0.3, 0.4) is 0 Å². The second kappa shape index (κ2) is 13.1. The number of nitrogens with zero attached hydrogens (tertiary/aromatic N) is 2. The fourth-order valence-corrected chi connectivity index (χ4v) is 3.06. The van der Waals surface area contributed by atoms with E-state index in [4.69, 9.17) is 10.5 Å². The van der Waals surface area contributed by atoms with Crippen molar-refractivity contribution in [1.29, 1.82) is 0 Å². The van der Waals surface area contributed by atoms with Crippen LogP contribution in [0.5, 0.6) is 0 Å². The molecule has 1 rings (SSSR count). The Morgan fingerprint density at radius 1 is 1.22 bits per heavy atom. The quantitative estimate of drug-likeness (QED) is 0.123. The number of amides is 1. The SMILES string of the molecule is CC(C)(C)OC(=O)N[C@@H](CC[C@@H](CCCN=C(N)N[N+](=O)[O-])C(=O)O)Cc1ccccc1. The summed E-state index contributed by atoms with van der Waals surface area (Å²) in [6, 6.07) is 9.29. The van der Waals surface area contributed by atoms with Crippen LogP contribution >= 0.6 is 0 Å². The van der Waals surface area contributed by atoms with E-state index in [2.05, 4.69) is 10.3 Å². The van der Waals surface area contributed by atoms with Crippen molar-refractivity contribution in [2.24, 2.45) is 16.6 Å². The molecular formula is C21H33N5O6. The van der Waals surface area contributed by atoms with Crippen molar-refractivity contribution in [2.45, 2.75) is 64.5 Å². The van der Waals surface area contributed by atoms with Crippen molar-refractivity contribution in [3.8, 4) is 0 Å². The lowest BCUT2D eigenvalue weighted by atomic mass is 9.93. The minimum atomic E-state index is -0.943. The van der Waals surface area contributed by atoms with Gasteiger partial charge in [0.15, 0.2) is 5.03 Å². The van der Waals surface area contributed by atoms with Crippen LogP contribution in [-0.2, 0) is 16.0 Å². The van der Waals surface area contributed by atoms with E-state index in [9.17, 15) is 24.8 Å². The summed E-state index contributed by atoms with van der Waals surface area (Å²) < 4.78 is 5.34. The summed E-state index contributed by atoms with van der Waals surface area (Å²) in [4.78, 5) is 38.0. The third-order valence-corrected chi connectivity index (χ3v) is 4.46. The molecule has 0 aliphatic rings. The zero-order chi connectivity index (χ0) is 24.1. The highest BCUT2D eigenvalue weighted by Gasteiger charge is 2.23. The molecule has 11 heteroatoms. The summed E-state index contributed by atoms with van der Waals surface area (Å²) in [5.41, 5.74) is 7.45. The highest BCUT2D eigenvalue weighted by atomic mass is 16.7. The van der Waals surface area contributed by atoms with Crippen LogP contribution in [0.2, 0.25) is 0 Å². The third kappa shape index (κ3) is 12.4. The van der Waals surface area contributed by atoms with E-state index in [0.717, 1.165) is 5.56 Å². The number of guanidine groups is 1. The van der Waals surface area contributed by atoms with Crippen LogP contribution in [0.4, 0.5) is 4.79 Å². The predicted molar refractivity (Wildman–Crippen MR) is 120 cm³/mol. The van der Waals surface area contributed by atoms with Crippen LogP contribution in [0.1, 0.15) is 52.0 Å². The Kier molecular flexibility index (Phi) is 10.9. The molecule has 0 aliphatic carbocycles. The second-order valence-corrected chi connectivity index (χ2v) is 8.42. The van der Waals surface area contributed by atoms with Crippen LogP contribution in [-0.4, -0.2) is 46.3 Å². The predicted octanol–water partition coefficient (Wildman–Crippen LogP) is 2.48. The molecule has 1 amide bonds. The summed E-state index contributed by atoms with van der Waals surface area (Å²) in [5, 5.41) is 21.9. The first-order valence-electron chi connectivity index (χ1n) is 10.4. The largest absolute Gasteiger partial charge is 0.481 e. The van der Waals surface area contributed by atoms with Gasteiger partial charge in [-0.3, -0.25) is 4.79 Å². The summed E-state index contributed by atoms with van der Waals surface area (Å²) in [5.74, 6) is -1.92. The minimum Gasteiger partial charge on any atom is -0.481 e. The van der Waals surface area contributed by atoms with Crippen LogP contribution < -0.4 is 16.5 Å². The number of carbonyl (C=O) groups is 2. The Bertz CT molecular complexity index is 779. The van der Waals surface area contributed by atoms with Crippen LogP contribution in [0.15, 0.2) is 35.3 Å². The Hall–Kier alpha value is -3.37. The molecule has 11 nitrogen and oxygen atoms in total. The Labute approximate surface area is 187 Å². The molecule has 0 aromatic heterocycles. The van der Waals surface area contributed by atoms with Crippen molar-refractivity contribution in [3.05, 3.63) is 46.0 Å². The minimum absolute atomic E-state index is 0.167. The number of carboxylic acids is 1. The zero-order valence-electron chi connectivity index (χ0n) is 18.7. The topological polar surface area (TPSA) is 169 Å². The van der Waals surface area contributed by atoms with Gasteiger partial charge in [-0.25, -0.2) is 19.9 Å². The summed E-state index contributed by atoms with van der Waals surface area (Å²) >= 11 is 0. The highest BCUT2D eigenvalue weighted by molar-refractivity contribution is 5.76. The zero-order valence-corrected chi connectivity index (χ0v) is 18.7. The number of nitrogens with two attached hydrogens (primary N) is 1. The van der Waals surface area contributed by atoms with E-state index in [1.54, 1.807) is 26.2 Å². The number of carbonyl (C=O) groups excluding carboxylic acids is 1. The number of nitrogens with one attached hydrogen (secondary N) is 2. The molecule has 0 unspecified atom stereocenters. The summed E-state index contributed by atoms with van der Waals surface area (Å²) in [6.07, 6.45) is 1.51. The third-order valence-electron chi connectivity index (χ3n) is 4.46. The molecule has 32 heavy (non-hydrogen) atoms. The number of alkyl carbamates (subject to hydrolysis) is 1. The monoisotopic (exact) mass is 451 g/mol. The molecule has 178 valence electrons. The van der Waals surface area contributed by atoms with Crippen molar-refractivity contribution in [3.63, 3.8) is 0 Å². The maximum Gasteiger partial charge on any atom is 0.407 e. The summed E-state index contributed by atoms with van der Waals surface area (Å²) in [7, 11) is 0. The van der Waals surface area contributed by atoms with Crippen LogP contribution in [0.25, 0.3) is 0 Å². The van der Waals surface area contributed by atoms with E-state index in [-0.39, 0.29) is 18.5 Å². The standard InChI is InChI=1S/C21H33N5O6/c1-21(2,3)32-20(29)24-17(14-15-8-5-4-6-9-15)12-11-16(18(27)28)10-7-13-23-19(22)25-26(30)31/h4-6,8-9,16-17H,7,10-14H2,1-3H3,(H,24,29)(H,27,28)(H3,22,23,25)/t16-,17+/m1/s1. The molecule has 2 atom stereocenters. The number of hydrazine groups is 1. The molecule has 0 spiro atoms. The number of aliphatic imine (C=N–C) groups is 1. The summed E-state index contributed by atoms with van der Waals surface area (Å²) in [6.45, 7) is 5.49. The van der Waals surface area contributed by atoms with Gasteiger partial charge in [-0.15, -0.1) is 0 Å². The first-order chi connectivity index (χ1) is 15.0. The molecule has 1 aromatic carbocycles. The second-order valence-electron chi connectivity index (χ2n) is 8.42. The maximum absolute atomic E-state index is 12.3. The Morgan fingerprint density at radius 3 is 2.44 bits per heavy atom. The van der Waals surface area contributed by atoms with Gasteiger partial charge in [-0.1, -0.05) is 35.8 Å². The average molecular weight is 452 g/mol. The fraction of sp³-hybridized carbons (Fsp3) is 0.571. The molecule has 5 N–H and O–H groups in total. The molecule has 0 aliphatic heterocycles. The molecule has 0 fully saturated rings. The first-order valence-corrected chi connectivity index (χ1v) is 10.4. The molecule has 0 saturated carbocycles.